The molecule has 0 amide bonds. The fourth-order valence-corrected chi connectivity index (χ4v) is 14.5. The van der Waals surface area contributed by atoms with Gasteiger partial charge in [0.25, 0.3) is 0 Å². The number of carbonyl (C=O) groups is 1. The predicted molar refractivity (Wildman–Crippen MR) is 186 cm³/mol. The Bertz CT molecular complexity index is 1620. The SMILES string of the molecule is C[C@H]1[C@H](C)CCC[C@]2(O[C@H]3C[C@@]4(O)C5=CC(=O)[C@@H]6[C@@H](c7ccc(O)c(O)c7)[C@@H](O)[C@@H](O)C[C@]6(C)[C@H]5C5(CCCC5)C[C@]4(C)[C@H]3[C@]2(O)CCO)[C@H]1O. The van der Waals surface area contributed by atoms with Gasteiger partial charge in [-0.15, -0.1) is 0 Å². The Hall–Kier alpha value is -2.05. The lowest BCUT2D eigenvalue weighted by Crippen LogP contribution is -2.70. The summed E-state index contributed by atoms with van der Waals surface area (Å²) in [5.41, 5.74) is -5.69. The zero-order chi connectivity index (χ0) is 36.7. The van der Waals surface area contributed by atoms with Gasteiger partial charge in [0.15, 0.2) is 17.3 Å². The highest BCUT2D eigenvalue weighted by Gasteiger charge is 2.82. The van der Waals surface area contributed by atoms with Crippen molar-refractivity contribution in [3.8, 4) is 11.5 Å². The summed E-state index contributed by atoms with van der Waals surface area (Å²) in [5, 5.41) is 92.8. The first kappa shape index (κ1) is 36.0. The minimum absolute atomic E-state index is 0.00255. The van der Waals surface area contributed by atoms with E-state index in [9.17, 15) is 45.6 Å². The Kier molecular flexibility index (Phi) is 8.09. The second kappa shape index (κ2) is 11.5. The van der Waals surface area contributed by atoms with Gasteiger partial charge in [-0.3, -0.25) is 4.79 Å². The van der Waals surface area contributed by atoms with E-state index in [1.807, 2.05) is 20.8 Å². The number of aliphatic hydroxyl groups excluding tert-OH is 4. The Labute approximate surface area is 300 Å². The summed E-state index contributed by atoms with van der Waals surface area (Å²) in [6.07, 6.45) is 4.03. The van der Waals surface area contributed by atoms with Crippen molar-refractivity contribution in [2.24, 2.45) is 45.8 Å². The van der Waals surface area contributed by atoms with E-state index in [-0.39, 0.29) is 60.9 Å². The van der Waals surface area contributed by atoms with Crippen LogP contribution in [0.3, 0.4) is 0 Å². The van der Waals surface area contributed by atoms with Gasteiger partial charge in [-0.2, -0.15) is 0 Å². The standard InChI is InChI=1S/C41H58O10/c1-21-8-7-13-41(35(48)22(21)2)39(49,14-15-42)34-29(51-41)19-40(50)24-17-27(45)31-30(23-9-10-25(43)26(44)16-23)32(47)28(46)18-36(31,3)33(24)38(11-5-6-12-38)20-37(34,40)4/h9-10,16-17,21-22,28-35,42-44,46-50H,5-8,11-15,18-20H2,1-4H3/t21-,22+,28+,29+,30-,31-,32+,33+,34+,35+,36+,37-,39-,40-,41+/m1/s1. The number of hydrogen-bond donors (Lipinski definition) is 8. The summed E-state index contributed by atoms with van der Waals surface area (Å²) < 4.78 is 7.03. The summed E-state index contributed by atoms with van der Waals surface area (Å²) in [6.45, 7) is 7.88. The van der Waals surface area contributed by atoms with Crippen LogP contribution in [0.2, 0.25) is 0 Å². The maximum Gasteiger partial charge on any atom is 0.160 e. The van der Waals surface area contributed by atoms with E-state index >= 15 is 0 Å². The molecule has 2 spiro atoms. The van der Waals surface area contributed by atoms with Crippen LogP contribution in [0.1, 0.15) is 110 Å². The van der Waals surface area contributed by atoms with Crippen LogP contribution in [0.25, 0.3) is 0 Å². The van der Waals surface area contributed by atoms with E-state index in [1.54, 1.807) is 12.1 Å². The molecule has 1 aromatic rings. The lowest BCUT2D eigenvalue weighted by molar-refractivity contribution is -0.241. The van der Waals surface area contributed by atoms with Gasteiger partial charge in [0, 0.05) is 42.6 Å². The van der Waals surface area contributed by atoms with E-state index < -0.39 is 75.2 Å². The Morgan fingerprint density at radius 2 is 1.65 bits per heavy atom. The fraction of sp³-hybridized carbons (Fsp3) is 0.780. The van der Waals surface area contributed by atoms with Crippen LogP contribution in [0.4, 0.5) is 0 Å². The number of phenolic OH excluding ortho intramolecular Hbond substituents is 2. The highest BCUT2D eigenvalue weighted by Crippen LogP contribution is 2.78. The maximum atomic E-state index is 14.7. The van der Waals surface area contributed by atoms with Crippen molar-refractivity contribution in [3.05, 3.63) is 35.4 Å². The Morgan fingerprint density at radius 1 is 0.941 bits per heavy atom. The van der Waals surface area contributed by atoms with Crippen LogP contribution < -0.4 is 0 Å². The summed E-state index contributed by atoms with van der Waals surface area (Å²) in [5.74, 6) is -3.46. The zero-order valence-corrected chi connectivity index (χ0v) is 30.5. The third-order valence-electron chi connectivity index (χ3n) is 16.5. The molecular weight excluding hydrogens is 652 g/mol. The van der Waals surface area contributed by atoms with Crippen molar-refractivity contribution in [2.45, 2.75) is 145 Å². The van der Waals surface area contributed by atoms with E-state index in [0.717, 1.165) is 38.5 Å². The number of aromatic hydroxyl groups is 2. The number of carbonyl (C=O) groups excluding carboxylic acids is 1. The molecule has 15 atom stereocenters. The van der Waals surface area contributed by atoms with Crippen LogP contribution in [-0.4, -0.2) is 94.5 Å². The molecule has 282 valence electrons. The summed E-state index contributed by atoms with van der Waals surface area (Å²) in [6, 6.07) is 4.28. The third kappa shape index (κ3) is 4.38. The third-order valence-corrected chi connectivity index (χ3v) is 16.5. The van der Waals surface area contributed by atoms with Crippen molar-refractivity contribution < 1.29 is 50.4 Å². The lowest BCUT2D eigenvalue weighted by Gasteiger charge is -2.67. The van der Waals surface area contributed by atoms with Crippen LogP contribution in [0.5, 0.6) is 11.5 Å². The highest BCUT2D eigenvalue weighted by molar-refractivity contribution is 5.96. The Balaban J connectivity index is 1.29. The van der Waals surface area contributed by atoms with Gasteiger partial charge in [0.05, 0.1) is 30.0 Å². The van der Waals surface area contributed by atoms with Gasteiger partial charge in [0.2, 0.25) is 0 Å². The lowest BCUT2D eigenvalue weighted by atomic mass is 9.37. The molecule has 0 unspecified atom stereocenters. The molecule has 1 heterocycles. The molecule has 51 heavy (non-hydrogen) atoms. The minimum atomic E-state index is -1.64. The second-order valence-electron chi connectivity index (χ2n) is 18.8. The Morgan fingerprint density at radius 3 is 2.31 bits per heavy atom. The molecule has 8 N–H and O–H groups in total. The monoisotopic (exact) mass is 710 g/mol. The van der Waals surface area contributed by atoms with E-state index in [0.29, 0.717) is 24.0 Å². The van der Waals surface area contributed by atoms with Gasteiger partial charge < -0.3 is 45.6 Å². The number of allylic oxidation sites excluding steroid dienone is 1. The molecule has 1 aliphatic heterocycles. The van der Waals surface area contributed by atoms with Crippen LogP contribution in [0, 0.1) is 45.8 Å². The van der Waals surface area contributed by atoms with Crippen molar-refractivity contribution in [2.75, 3.05) is 6.61 Å². The first-order chi connectivity index (χ1) is 23.9. The predicted octanol–water partition coefficient (Wildman–Crippen LogP) is 3.84. The number of ether oxygens (including phenoxy) is 1. The van der Waals surface area contributed by atoms with Gasteiger partial charge in [-0.25, -0.2) is 0 Å². The van der Waals surface area contributed by atoms with E-state index in [2.05, 4.69) is 6.92 Å². The molecule has 1 aromatic carbocycles. The molecule has 0 bridgehead atoms. The topological polar surface area (TPSA) is 188 Å². The van der Waals surface area contributed by atoms with E-state index in [4.69, 9.17) is 4.74 Å². The number of phenols is 2. The van der Waals surface area contributed by atoms with Crippen LogP contribution in [0.15, 0.2) is 29.8 Å². The molecular formula is C41H58O10. The number of ketones is 1. The quantitative estimate of drug-likeness (QED) is 0.214. The fourth-order valence-electron chi connectivity index (χ4n) is 14.5. The molecule has 10 nitrogen and oxygen atoms in total. The maximum absolute atomic E-state index is 14.7. The molecule has 8 rings (SSSR count). The minimum Gasteiger partial charge on any atom is -0.504 e. The molecule has 7 aliphatic rings. The van der Waals surface area contributed by atoms with Gasteiger partial charge in [-0.05, 0) is 90.0 Å². The molecule has 1 saturated heterocycles. The highest BCUT2D eigenvalue weighted by atomic mass is 16.6. The number of aliphatic hydroxyl groups is 6. The van der Waals surface area contributed by atoms with Crippen molar-refractivity contribution in [3.63, 3.8) is 0 Å². The molecule has 5 saturated carbocycles. The number of benzene rings is 1. The summed E-state index contributed by atoms with van der Waals surface area (Å²) >= 11 is 0. The van der Waals surface area contributed by atoms with E-state index in [1.165, 1.54) is 12.1 Å². The molecule has 0 radical (unpaired) electrons. The molecule has 0 aromatic heterocycles. The van der Waals surface area contributed by atoms with Crippen molar-refractivity contribution in [1.29, 1.82) is 0 Å². The zero-order valence-electron chi connectivity index (χ0n) is 30.5. The van der Waals surface area contributed by atoms with Crippen molar-refractivity contribution >= 4 is 5.78 Å². The first-order valence-corrected chi connectivity index (χ1v) is 19.5. The summed E-state index contributed by atoms with van der Waals surface area (Å²) in [4.78, 5) is 14.7. The molecule has 6 fully saturated rings. The normalized spacial score (nSPS) is 51.5. The smallest absolute Gasteiger partial charge is 0.160 e. The number of hydrogen-bond acceptors (Lipinski definition) is 10. The van der Waals surface area contributed by atoms with Crippen LogP contribution in [-0.2, 0) is 9.53 Å². The number of fused-ring (bicyclic) bond motifs is 8. The summed E-state index contributed by atoms with van der Waals surface area (Å²) in [7, 11) is 0. The van der Waals surface area contributed by atoms with Gasteiger partial charge in [0.1, 0.15) is 11.2 Å². The largest absolute Gasteiger partial charge is 0.504 e. The number of rotatable bonds is 3. The van der Waals surface area contributed by atoms with Crippen molar-refractivity contribution in [1.82, 2.24) is 0 Å². The second-order valence-corrected chi connectivity index (χ2v) is 18.8. The first-order valence-electron chi connectivity index (χ1n) is 19.5. The average Bonchev–Trinajstić information content (AvgIpc) is 3.66. The average molecular weight is 711 g/mol. The molecule has 10 heteroatoms. The van der Waals surface area contributed by atoms with Crippen LogP contribution >= 0.6 is 0 Å². The molecule has 6 aliphatic carbocycles. The van der Waals surface area contributed by atoms with Gasteiger partial charge in [-0.1, -0.05) is 59.4 Å². The van der Waals surface area contributed by atoms with Gasteiger partial charge >= 0.3 is 0 Å².